The predicted octanol–water partition coefficient (Wildman–Crippen LogP) is 2.70. The summed E-state index contributed by atoms with van der Waals surface area (Å²) in [5.41, 5.74) is 7.06. The van der Waals surface area contributed by atoms with Crippen molar-refractivity contribution in [1.82, 2.24) is 15.0 Å². The molecule has 2 N–H and O–H groups in total. The average molecular weight is 360 g/mol. The minimum atomic E-state index is -0.306. The van der Waals surface area contributed by atoms with Crippen LogP contribution in [0.2, 0.25) is 0 Å². The fourth-order valence-electron chi connectivity index (χ4n) is 3.25. The van der Waals surface area contributed by atoms with Crippen molar-refractivity contribution in [2.75, 3.05) is 13.1 Å². The second-order valence-corrected chi connectivity index (χ2v) is 7.05. The lowest BCUT2D eigenvalue weighted by molar-refractivity contribution is -0.132. The highest BCUT2D eigenvalue weighted by molar-refractivity contribution is 5.76. The van der Waals surface area contributed by atoms with Crippen molar-refractivity contribution in [3.05, 3.63) is 35.5 Å². The quantitative estimate of drug-likeness (QED) is 0.886. The molecule has 0 radical (unpaired) electrons. The molecule has 1 saturated heterocycles. The standard InChI is InChI=1S/C19H25FN4O2/c1-12-3-4-15(11-16(12)20)19-22-17(26-23-19)5-6-18(25)24-9-7-14(8-10-24)13(2)21/h3-4,11,13-14H,5-10,21H2,1-2H3. The number of rotatable bonds is 5. The topological polar surface area (TPSA) is 85.2 Å². The number of aromatic nitrogens is 2. The molecule has 0 spiro atoms. The summed E-state index contributed by atoms with van der Waals surface area (Å²) in [5.74, 6) is 1.00. The van der Waals surface area contributed by atoms with Crippen LogP contribution in [0.1, 0.15) is 37.6 Å². The number of halogens is 1. The van der Waals surface area contributed by atoms with E-state index in [1.807, 2.05) is 11.8 Å². The van der Waals surface area contributed by atoms with Crippen molar-refractivity contribution in [3.8, 4) is 11.4 Å². The SMILES string of the molecule is Cc1ccc(-c2noc(CCC(=O)N3CCC(C(C)N)CC3)n2)cc1F. The first kappa shape index (κ1) is 18.5. The third-order valence-corrected chi connectivity index (χ3v) is 5.09. The molecule has 2 heterocycles. The molecule has 3 rings (SSSR count). The Bertz CT molecular complexity index is 767. The van der Waals surface area contributed by atoms with Crippen LogP contribution in [0.4, 0.5) is 4.39 Å². The lowest BCUT2D eigenvalue weighted by Crippen LogP contribution is -2.42. The van der Waals surface area contributed by atoms with E-state index in [9.17, 15) is 9.18 Å². The van der Waals surface area contributed by atoms with E-state index in [-0.39, 0.29) is 17.8 Å². The average Bonchev–Trinajstić information content (AvgIpc) is 3.11. The summed E-state index contributed by atoms with van der Waals surface area (Å²) in [5, 5.41) is 3.89. The molecule has 1 aliphatic heterocycles. The van der Waals surface area contributed by atoms with Crippen molar-refractivity contribution in [1.29, 1.82) is 0 Å². The van der Waals surface area contributed by atoms with Gasteiger partial charge in [-0.15, -0.1) is 0 Å². The van der Waals surface area contributed by atoms with Gasteiger partial charge in [0.1, 0.15) is 5.82 Å². The maximum atomic E-state index is 13.7. The molecule has 0 aliphatic carbocycles. The molecule has 140 valence electrons. The van der Waals surface area contributed by atoms with Gasteiger partial charge in [0.25, 0.3) is 0 Å². The Balaban J connectivity index is 1.53. The Morgan fingerprint density at radius 2 is 2.15 bits per heavy atom. The summed E-state index contributed by atoms with van der Waals surface area (Å²) in [4.78, 5) is 18.5. The number of hydrogen-bond acceptors (Lipinski definition) is 5. The molecular weight excluding hydrogens is 335 g/mol. The van der Waals surface area contributed by atoms with Gasteiger partial charge < -0.3 is 15.2 Å². The smallest absolute Gasteiger partial charge is 0.227 e. The first-order chi connectivity index (χ1) is 12.4. The number of carbonyl (C=O) groups excluding carboxylic acids is 1. The normalized spacial score (nSPS) is 16.7. The van der Waals surface area contributed by atoms with Gasteiger partial charge in [-0.3, -0.25) is 4.79 Å². The summed E-state index contributed by atoms with van der Waals surface area (Å²) >= 11 is 0. The highest BCUT2D eigenvalue weighted by Crippen LogP contribution is 2.21. The van der Waals surface area contributed by atoms with E-state index >= 15 is 0 Å². The minimum absolute atomic E-state index is 0.0919. The zero-order chi connectivity index (χ0) is 18.7. The van der Waals surface area contributed by atoms with Gasteiger partial charge in [0, 0.05) is 37.5 Å². The largest absolute Gasteiger partial charge is 0.343 e. The molecule has 0 bridgehead atoms. The van der Waals surface area contributed by atoms with Crippen molar-refractivity contribution in [2.45, 2.75) is 45.6 Å². The second kappa shape index (κ2) is 7.95. The third kappa shape index (κ3) is 4.27. The number of aryl methyl sites for hydroxylation is 2. The van der Waals surface area contributed by atoms with Crippen molar-refractivity contribution in [2.24, 2.45) is 11.7 Å². The number of piperidine rings is 1. The van der Waals surface area contributed by atoms with Crippen LogP contribution in [0.3, 0.4) is 0 Å². The van der Waals surface area contributed by atoms with Gasteiger partial charge in [-0.2, -0.15) is 4.98 Å². The minimum Gasteiger partial charge on any atom is -0.343 e. The van der Waals surface area contributed by atoms with Gasteiger partial charge in [-0.05, 0) is 44.2 Å². The van der Waals surface area contributed by atoms with E-state index in [0.29, 0.717) is 41.6 Å². The van der Waals surface area contributed by atoms with Crippen molar-refractivity contribution < 1.29 is 13.7 Å². The molecule has 0 saturated carbocycles. The van der Waals surface area contributed by atoms with Crippen LogP contribution in [0.25, 0.3) is 11.4 Å². The van der Waals surface area contributed by atoms with E-state index in [1.165, 1.54) is 6.07 Å². The zero-order valence-electron chi connectivity index (χ0n) is 15.2. The van der Waals surface area contributed by atoms with Gasteiger partial charge in [-0.25, -0.2) is 4.39 Å². The Morgan fingerprint density at radius 1 is 1.42 bits per heavy atom. The van der Waals surface area contributed by atoms with E-state index in [4.69, 9.17) is 10.3 Å². The zero-order valence-corrected chi connectivity index (χ0v) is 15.2. The summed E-state index contributed by atoms with van der Waals surface area (Å²) in [7, 11) is 0. The third-order valence-electron chi connectivity index (χ3n) is 5.09. The Labute approximate surface area is 152 Å². The van der Waals surface area contributed by atoms with Gasteiger partial charge >= 0.3 is 0 Å². The first-order valence-electron chi connectivity index (χ1n) is 9.06. The van der Waals surface area contributed by atoms with Gasteiger partial charge in [0.15, 0.2) is 0 Å². The number of amides is 1. The predicted molar refractivity (Wildman–Crippen MR) is 95.7 cm³/mol. The molecule has 26 heavy (non-hydrogen) atoms. The lowest BCUT2D eigenvalue weighted by atomic mass is 9.91. The number of nitrogens with zero attached hydrogens (tertiary/aromatic N) is 3. The second-order valence-electron chi connectivity index (χ2n) is 7.05. The highest BCUT2D eigenvalue weighted by Gasteiger charge is 2.25. The van der Waals surface area contributed by atoms with Crippen molar-refractivity contribution in [3.63, 3.8) is 0 Å². The Morgan fingerprint density at radius 3 is 2.81 bits per heavy atom. The lowest BCUT2D eigenvalue weighted by Gasteiger charge is -2.33. The van der Waals surface area contributed by atoms with Crippen LogP contribution in [0.5, 0.6) is 0 Å². The van der Waals surface area contributed by atoms with Crippen LogP contribution >= 0.6 is 0 Å². The fraction of sp³-hybridized carbons (Fsp3) is 0.526. The number of hydrogen-bond donors (Lipinski definition) is 1. The molecule has 6 nitrogen and oxygen atoms in total. The van der Waals surface area contributed by atoms with Crippen molar-refractivity contribution >= 4 is 5.91 Å². The monoisotopic (exact) mass is 360 g/mol. The molecule has 2 aromatic rings. The number of likely N-dealkylation sites (tertiary alicyclic amines) is 1. The fourth-order valence-corrected chi connectivity index (χ4v) is 3.25. The van der Waals surface area contributed by atoms with Gasteiger partial charge in [-0.1, -0.05) is 17.3 Å². The molecule has 1 atom stereocenters. The Kier molecular flexibility index (Phi) is 5.66. The van der Waals surface area contributed by atoms with Gasteiger partial charge in [0.2, 0.25) is 17.6 Å². The summed E-state index contributed by atoms with van der Waals surface area (Å²) < 4.78 is 18.9. The number of nitrogens with two attached hydrogens (primary N) is 1. The van der Waals surface area contributed by atoms with E-state index in [1.54, 1.807) is 19.1 Å². The van der Waals surface area contributed by atoms with Crippen LogP contribution in [-0.4, -0.2) is 40.1 Å². The maximum Gasteiger partial charge on any atom is 0.227 e. The van der Waals surface area contributed by atoms with E-state index < -0.39 is 0 Å². The van der Waals surface area contributed by atoms with Crippen LogP contribution in [0, 0.1) is 18.7 Å². The molecule has 1 aromatic heterocycles. The molecule has 1 unspecified atom stereocenters. The number of benzene rings is 1. The highest BCUT2D eigenvalue weighted by atomic mass is 19.1. The van der Waals surface area contributed by atoms with Crippen LogP contribution in [0.15, 0.2) is 22.7 Å². The molecular formula is C19H25FN4O2. The molecule has 1 amide bonds. The molecule has 1 aromatic carbocycles. The van der Waals surface area contributed by atoms with E-state index in [0.717, 1.165) is 25.9 Å². The molecule has 7 heteroatoms. The first-order valence-corrected chi connectivity index (χ1v) is 9.06. The number of carbonyl (C=O) groups is 1. The molecule has 1 aliphatic rings. The Hall–Kier alpha value is -2.28. The summed E-state index contributed by atoms with van der Waals surface area (Å²) in [6.07, 6.45) is 2.61. The van der Waals surface area contributed by atoms with Crippen LogP contribution < -0.4 is 5.73 Å². The summed E-state index contributed by atoms with van der Waals surface area (Å²) in [6, 6.07) is 4.99. The van der Waals surface area contributed by atoms with Gasteiger partial charge in [0.05, 0.1) is 0 Å². The maximum absolute atomic E-state index is 13.7. The van der Waals surface area contributed by atoms with Crippen LogP contribution in [-0.2, 0) is 11.2 Å². The van der Waals surface area contributed by atoms with E-state index in [2.05, 4.69) is 10.1 Å². The molecule has 1 fully saturated rings. The summed E-state index contributed by atoms with van der Waals surface area (Å²) in [6.45, 7) is 5.23.